The van der Waals surface area contributed by atoms with Crippen molar-refractivity contribution in [1.29, 1.82) is 0 Å². The van der Waals surface area contributed by atoms with Crippen LogP contribution in [0.1, 0.15) is 12.8 Å². The van der Waals surface area contributed by atoms with E-state index in [9.17, 15) is 0 Å². The molecule has 0 amide bonds. The maximum atomic E-state index is 8.36. The van der Waals surface area contributed by atoms with Gasteiger partial charge in [0.2, 0.25) is 0 Å². The Morgan fingerprint density at radius 3 is 2.73 bits per heavy atom. The van der Waals surface area contributed by atoms with Gasteiger partial charge in [-0.25, -0.2) is 0 Å². The quantitative estimate of drug-likeness (QED) is 0.404. The fourth-order valence-corrected chi connectivity index (χ4v) is 0.989. The molecular formula is C8H15BrO2. The van der Waals surface area contributed by atoms with E-state index >= 15 is 0 Å². The van der Waals surface area contributed by atoms with Crippen LogP contribution in [0.2, 0.25) is 0 Å². The topological polar surface area (TPSA) is 29.5 Å². The van der Waals surface area contributed by atoms with Gasteiger partial charge in [0.15, 0.2) is 0 Å². The summed E-state index contributed by atoms with van der Waals surface area (Å²) in [6.07, 6.45) is 5.76. The van der Waals surface area contributed by atoms with Gasteiger partial charge in [0.05, 0.1) is 13.2 Å². The van der Waals surface area contributed by atoms with Crippen LogP contribution in [0.25, 0.3) is 0 Å². The third kappa shape index (κ3) is 10.1. The smallest absolute Gasteiger partial charge is 0.0648 e. The van der Waals surface area contributed by atoms with Crippen LogP contribution in [0.15, 0.2) is 12.2 Å². The van der Waals surface area contributed by atoms with Gasteiger partial charge >= 0.3 is 0 Å². The first-order valence-corrected chi connectivity index (χ1v) is 4.93. The van der Waals surface area contributed by atoms with Crippen LogP contribution in [0.3, 0.4) is 0 Å². The second kappa shape index (κ2) is 10.1. The van der Waals surface area contributed by atoms with Crippen molar-refractivity contribution in [3.8, 4) is 0 Å². The van der Waals surface area contributed by atoms with Gasteiger partial charge in [-0.05, 0) is 12.8 Å². The maximum absolute atomic E-state index is 8.36. The molecule has 0 aliphatic heterocycles. The number of aliphatic hydroxyl groups excluding tert-OH is 1. The van der Waals surface area contributed by atoms with Crippen LogP contribution < -0.4 is 0 Å². The molecule has 0 saturated carbocycles. The van der Waals surface area contributed by atoms with Crippen molar-refractivity contribution in [3.05, 3.63) is 12.2 Å². The molecule has 3 heteroatoms. The highest BCUT2D eigenvalue weighted by Gasteiger charge is 1.85. The second-order valence-electron chi connectivity index (χ2n) is 2.12. The predicted octanol–water partition coefficient (Wildman–Crippen LogP) is 1.73. The molecule has 0 rings (SSSR count). The van der Waals surface area contributed by atoms with Crippen molar-refractivity contribution in [1.82, 2.24) is 0 Å². The van der Waals surface area contributed by atoms with Crippen molar-refractivity contribution in [3.63, 3.8) is 0 Å². The lowest BCUT2D eigenvalue weighted by molar-refractivity contribution is 0.158. The van der Waals surface area contributed by atoms with Gasteiger partial charge in [0, 0.05) is 11.9 Å². The largest absolute Gasteiger partial charge is 0.392 e. The first-order valence-electron chi connectivity index (χ1n) is 3.81. The maximum Gasteiger partial charge on any atom is 0.0648 e. The summed E-state index contributed by atoms with van der Waals surface area (Å²) in [5, 5.41) is 9.40. The van der Waals surface area contributed by atoms with E-state index in [4.69, 9.17) is 9.84 Å². The molecule has 0 radical (unpaired) electrons. The summed E-state index contributed by atoms with van der Waals surface area (Å²) in [7, 11) is 0. The van der Waals surface area contributed by atoms with Gasteiger partial charge < -0.3 is 9.84 Å². The molecule has 0 aromatic rings. The summed E-state index contributed by atoms with van der Waals surface area (Å²) >= 11 is 3.34. The molecule has 0 aliphatic rings. The van der Waals surface area contributed by atoms with Crippen molar-refractivity contribution >= 4 is 15.9 Å². The summed E-state index contributed by atoms with van der Waals surface area (Å²) in [5.41, 5.74) is 0. The Hall–Kier alpha value is 0.140. The molecule has 0 aliphatic carbocycles. The summed E-state index contributed by atoms with van der Waals surface area (Å²) in [5.74, 6) is 0. The number of hydrogen-bond donors (Lipinski definition) is 1. The Labute approximate surface area is 76.4 Å². The number of ether oxygens (including phenoxy) is 1. The highest BCUT2D eigenvalue weighted by Crippen LogP contribution is 1.93. The first-order chi connectivity index (χ1) is 5.41. The molecule has 2 nitrogen and oxygen atoms in total. The van der Waals surface area contributed by atoms with E-state index in [1.54, 1.807) is 6.08 Å². The van der Waals surface area contributed by atoms with E-state index in [1.165, 1.54) is 0 Å². The van der Waals surface area contributed by atoms with E-state index in [0.717, 1.165) is 24.8 Å². The highest BCUT2D eigenvalue weighted by atomic mass is 79.9. The van der Waals surface area contributed by atoms with Crippen LogP contribution in [-0.4, -0.2) is 30.3 Å². The van der Waals surface area contributed by atoms with Gasteiger partial charge in [0.25, 0.3) is 0 Å². The molecule has 0 fully saturated rings. The zero-order valence-corrected chi connectivity index (χ0v) is 8.22. The fraction of sp³-hybridized carbons (Fsp3) is 0.750. The average Bonchev–Trinajstić information content (AvgIpc) is 2.03. The van der Waals surface area contributed by atoms with E-state index < -0.39 is 0 Å². The van der Waals surface area contributed by atoms with Crippen molar-refractivity contribution < 1.29 is 9.84 Å². The van der Waals surface area contributed by atoms with E-state index in [-0.39, 0.29) is 6.61 Å². The normalized spacial score (nSPS) is 11.1. The van der Waals surface area contributed by atoms with Crippen LogP contribution in [-0.2, 0) is 4.74 Å². The molecule has 1 N–H and O–H groups in total. The molecule has 0 unspecified atom stereocenters. The zero-order valence-electron chi connectivity index (χ0n) is 6.63. The standard InChI is InChI=1S/C8H15BrO2/c9-5-1-3-7-11-8-4-2-6-10/h2,4,10H,1,3,5-8H2. The van der Waals surface area contributed by atoms with Gasteiger partial charge in [-0.15, -0.1) is 0 Å². The summed E-state index contributed by atoms with van der Waals surface area (Å²) in [6, 6.07) is 0. The highest BCUT2D eigenvalue weighted by molar-refractivity contribution is 9.09. The minimum absolute atomic E-state index is 0.102. The molecule has 0 atom stereocenters. The SMILES string of the molecule is OCC=CCOCCCCBr. The Morgan fingerprint density at radius 1 is 1.27 bits per heavy atom. The lowest BCUT2D eigenvalue weighted by Crippen LogP contribution is -1.94. The molecule has 0 spiro atoms. The third-order valence-electron chi connectivity index (χ3n) is 1.16. The van der Waals surface area contributed by atoms with Gasteiger partial charge in [-0.2, -0.15) is 0 Å². The van der Waals surface area contributed by atoms with Crippen LogP contribution in [0.5, 0.6) is 0 Å². The minimum Gasteiger partial charge on any atom is -0.392 e. The number of alkyl halides is 1. The fourth-order valence-electron chi connectivity index (χ4n) is 0.593. The van der Waals surface area contributed by atoms with Crippen molar-refractivity contribution in [2.45, 2.75) is 12.8 Å². The van der Waals surface area contributed by atoms with Gasteiger partial charge in [-0.1, -0.05) is 28.1 Å². The average molecular weight is 223 g/mol. The first kappa shape index (κ1) is 11.1. The summed E-state index contributed by atoms with van der Waals surface area (Å²) in [6.45, 7) is 1.52. The lowest BCUT2D eigenvalue weighted by atomic mass is 10.4. The zero-order chi connectivity index (χ0) is 8.36. The molecule has 0 bridgehead atoms. The molecule has 0 aromatic heterocycles. The number of rotatable bonds is 7. The predicted molar refractivity (Wildman–Crippen MR) is 50.1 cm³/mol. The molecule has 66 valence electrons. The molecule has 0 saturated heterocycles. The van der Waals surface area contributed by atoms with Crippen LogP contribution in [0, 0.1) is 0 Å². The monoisotopic (exact) mass is 222 g/mol. The number of aliphatic hydroxyl groups is 1. The third-order valence-corrected chi connectivity index (χ3v) is 1.72. The van der Waals surface area contributed by atoms with Crippen molar-refractivity contribution in [2.24, 2.45) is 0 Å². The Kier molecular flexibility index (Phi) is 10.3. The van der Waals surface area contributed by atoms with Gasteiger partial charge in [-0.3, -0.25) is 0 Å². The lowest BCUT2D eigenvalue weighted by Gasteiger charge is -1.98. The summed E-state index contributed by atoms with van der Waals surface area (Å²) in [4.78, 5) is 0. The van der Waals surface area contributed by atoms with E-state index in [2.05, 4.69) is 15.9 Å². The number of hydrogen-bond acceptors (Lipinski definition) is 2. The Bertz CT molecular complexity index is 94.1. The molecule has 0 aromatic carbocycles. The molecule has 0 heterocycles. The van der Waals surface area contributed by atoms with E-state index in [1.807, 2.05) is 6.08 Å². The number of halogens is 1. The summed E-state index contributed by atoms with van der Waals surface area (Å²) < 4.78 is 5.22. The number of unbranched alkanes of at least 4 members (excludes halogenated alkanes) is 1. The van der Waals surface area contributed by atoms with Crippen LogP contribution >= 0.6 is 15.9 Å². The van der Waals surface area contributed by atoms with Crippen molar-refractivity contribution in [2.75, 3.05) is 25.2 Å². The van der Waals surface area contributed by atoms with E-state index in [0.29, 0.717) is 6.61 Å². The van der Waals surface area contributed by atoms with Crippen LogP contribution in [0.4, 0.5) is 0 Å². The van der Waals surface area contributed by atoms with Gasteiger partial charge in [0.1, 0.15) is 0 Å². The minimum atomic E-state index is 0.102. The molecule has 11 heavy (non-hydrogen) atoms. The Balaban J connectivity index is 2.85. The Morgan fingerprint density at radius 2 is 2.09 bits per heavy atom. The molecular weight excluding hydrogens is 208 g/mol. The second-order valence-corrected chi connectivity index (χ2v) is 2.92.